The number of carbonyl (C=O) groups excluding carboxylic acids is 1. The molecule has 1 aliphatic rings. The van der Waals surface area contributed by atoms with Crippen LogP contribution < -0.4 is 20.5 Å². The first-order chi connectivity index (χ1) is 11.9. The number of piperidine rings is 1. The summed E-state index contributed by atoms with van der Waals surface area (Å²) in [6, 6.07) is 6.20. The Hall–Kier alpha value is -1.29. The van der Waals surface area contributed by atoms with Crippen LogP contribution in [0.2, 0.25) is 0 Å². The highest BCUT2D eigenvalue weighted by Crippen LogP contribution is 2.15. The number of sulfonamides is 1. The topological polar surface area (TPSA) is 111 Å². The first-order valence-electron chi connectivity index (χ1n) is 8.20. The van der Waals surface area contributed by atoms with Gasteiger partial charge in [0.15, 0.2) is 0 Å². The standard InChI is InChI=1S/C16H25N3O4S2/c1-12-10-18-7-6-15(12)19-16(20)11-24-9-8-23-13-2-4-14(5-3-13)25(17,21)22/h2-5,12,15,18H,6-11H2,1H3,(H,19,20)(H2,17,21,22). The molecule has 0 radical (unpaired) electrons. The van der Waals surface area contributed by atoms with Gasteiger partial charge in [0, 0.05) is 11.8 Å². The van der Waals surface area contributed by atoms with Gasteiger partial charge >= 0.3 is 0 Å². The van der Waals surface area contributed by atoms with E-state index in [2.05, 4.69) is 17.6 Å². The lowest BCUT2D eigenvalue weighted by Gasteiger charge is -2.30. The number of amides is 1. The Morgan fingerprint density at radius 2 is 2.12 bits per heavy atom. The second-order valence-corrected chi connectivity index (χ2v) is 8.73. The normalized spacial score (nSPS) is 20.9. The van der Waals surface area contributed by atoms with E-state index in [1.807, 2.05) is 0 Å². The molecule has 1 aliphatic heterocycles. The molecular weight excluding hydrogens is 362 g/mol. The molecule has 0 spiro atoms. The zero-order valence-electron chi connectivity index (χ0n) is 14.2. The van der Waals surface area contributed by atoms with Crippen molar-refractivity contribution in [1.82, 2.24) is 10.6 Å². The van der Waals surface area contributed by atoms with Crippen molar-refractivity contribution in [3.8, 4) is 5.75 Å². The van der Waals surface area contributed by atoms with Crippen LogP contribution in [-0.4, -0.2) is 51.6 Å². The number of hydrogen-bond acceptors (Lipinski definition) is 6. The van der Waals surface area contributed by atoms with Crippen LogP contribution in [-0.2, 0) is 14.8 Å². The first-order valence-corrected chi connectivity index (χ1v) is 10.9. The van der Waals surface area contributed by atoms with E-state index in [1.165, 1.54) is 23.9 Å². The van der Waals surface area contributed by atoms with Crippen molar-refractivity contribution in [3.63, 3.8) is 0 Å². The van der Waals surface area contributed by atoms with E-state index in [0.717, 1.165) is 19.5 Å². The minimum Gasteiger partial charge on any atom is -0.493 e. The molecule has 2 rings (SSSR count). The van der Waals surface area contributed by atoms with E-state index in [-0.39, 0.29) is 16.8 Å². The van der Waals surface area contributed by atoms with Gasteiger partial charge in [-0.05, 0) is 49.7 Å². The minimum absolute atomic E-state index is 0.0537. The van der Waals surface area contributed by atoms with E-state index in [1.54, 1.807) is 12.1 Å². The average Bonchev–Trinajstić information content (AvgIpc) is 2.56. The van der Waals surface area contributed by atoms with E-state index in [4.69, 9.17) is 9.88 Å². The van der Waals surface area contributed by atoms with E-state index in [9.17, 15) is 13.2 Å². The molecule has 1 heterocycles. The maximum absolute atomic E-state index is 12.0. The lowest BCUT2D eigenvalue weighted by atomic mass is 9.95. The number of carbonyl (C=O) groups is 1. The van der Waals surface area contributed by atoms with Crippen molar-refractivity contribution in [2.75, 3.05) is 31.2 Å². The van der Waals surface area contributed by atoms with Gasteiger partial charge in [0.2, 0.25) is 15.9 Å². The SMILES string of the molecule is CC1CNCCC1NC(=O)CSCCOc1ccc(S(N)(=O)=O)cc1. The van der Waals surface area contributed by atoms with Crippen LogP contribution in [0.5, 0.6) is 5.75 Å². The maximum Gasteiger partial charge on any atom is 0.238 e. The van der Waals surface area contributed by atoms with E-state index < -0.39 is 10.0 Å². The van der Waals surface area contributed by atoms with Crippen LogP contribution in [0.15, 0.2) is 29.2 Å². The molecule has 2 atom stereocenters. The van der Waals surface area contributed by atoms with Crippen LogP contribution in [0.3, 0.4) is 0 Å². The summed E-state index contributed by atoms with van der Waals surface area (Å²) in [7, 11) is -3.68. The zero-order valence-corrected chi connectivity index (χ0v) is 15.9. The largest absolute Gasteiger partial charge is 0.493 e. The number of nitrogens with two attached hydrogens (primary N) is 1. The summed E-state index contributed by atoms with van der Waals surface area (Å²) in [5.41, 5.74) is 0. The minimum atomic E-state index is -3.68. The van der Waals surface area contributed by atoms with Gasteiger partial charge < -0.3 is 15.4 Å². The summed E-state index contributed by atoms with van der Waals surface area (Å²) in [6.45, 7) is 4.46. The molecular formula is C16H25N3O4S2. The molecule has 0 aromatic heterocycles. The Morgan fingerprint density at radius 3 is 2.76 bits per heavy atom. The van der Waals surface area contributed by atoms with Crippen LogP contribution in [0, 0.1) is 5.92 Å². The van der Waals surface area contributed by atoms with Gasteiger partial charge in [-0.3, -0.25) is 4.79 Å². The van der Waals surface area contributed by atoms with Gasteiger partial charge in [0.05, 0.1) is 17.3 Å². The smallest absolute Gasteiger partial charge is 0.238 e. The summed E-state index contributed by atoms with van der Waals surface area (Å²) in [5.74, 6) is 2.16. The van der Waals surface area contributed by atoms with Gasteiger partial charge in [-0.2, -0.15) is 0 Å². The highest BCUT2D eigenvalue weighted by molar-refractivity contribution is 7.99. The van der Waals surface area contributed by atoms with Gasteiger partial charge in [-0.15, -0.1) is 11.8 Å². The number of benzene rings is 1. The quantitative estimate of drug-likeness (QED) is 0.562. The molecule has 1 amide bonds. The number of primary sulfonamides is 1. The molecule has 1 aromatic carbocycles. The van der Waals surface area contributed by atoms with Crippen molar-refractivity contribution in [2.24, 2.45) is 11.1 Å². The lowest BCUT2D eigenvalue weighted by molar-refractivity contribution is -0.119. The summed E-state index contributed by atoms with van der Waals surface area (Å²) in [4.78, 5) is 12.0. The number of ether oxygens (including phenoxy) is 1. The third-order valence-corrected chi connectivity index (χ3v) is 5.86. The Balaban J connectivity index is 1.62. The fourth-order valence-corrected chi connectivity index (χ4v) is 3.72. The molecule has 25 heavy (non-hydrogen) atoms. The molecule has 2 unspecified atom stereocenters. The monoisotopic (exact) mass is 387 g/mol. The van der Waals surface area contributed by atoms with Crippen LogP contribution >= 0.6 is 11.8 Å². The highest BCUT2D eigenvalue weighted by atomic mass is 32.2. The fraction of sp³-hybridized carbons (Fsp3) is 0.562. The number of rotatable bonds is 8. The van der Waals surface area contributed by atoms with Crippen molar-refractivity contribution in [1.29, 1.82) is 0 Å². The predicted octanol–water partition coefficient (Wildman–Crippen LogP) is 0.560. The molecule has 1 aromatic rings. The molecule has 1 fully saturated rings. The zero-order chi connectivity index (χ0) is 18.3. The molecule has 1 saturated heterocycles. The predicted molar refractivity (Wildman–Crippen MR) is 99.2 cm³/mol. The van der Waals surface area contributed by atoms with Crippen molar-refractivity contribution in [3.05, 3.63) is 24.3 Å². The Morgan fingerprint density at radius 1 is 1.40 bits per heavy atom. The summed E-state index contributed by atoms with van der Waals surface area (Å²) < 4.78 is 27.9. The van der Waals surface area contributed by atoms with Crippen molar-refractivity contribution >= 4 is 27.7 Å². The highest BCUT2D eigenvalue weighted by Gasteiger charge is 2.22. The Bertz CT molecular complexity index is 664. The number of thioether (sulfide) groups is 1. The molecule has 140 valence electrons. The second-order valence-electron chi connectivity index (χ2n) is 6.06. The summed E-state index contributed by atoms with van der Waals surface area (Å²) >= 11 is 1.51. The summed E-state index contributed by atoms with van der Waals surface area (Å²) in [5, 5.41) is 11.4. The number of hydrogen-bond donors (Lipinski definition) is 3. The van der Waals surface area contributed by atoms with Crippen molar-refractivity contribution in [2.45, 2.75) is 24.3 Å². The number of nitrogens with one attached hydrogen (secondary N) is 2. The van der Waals surface area contributed by atoms with Gasteiger partial charge in [0.25, 0.3) is 0 Å². The first kappa shape index (κ1) is 20.0. The molecule has 7 nitrogen and oxygen atoms in total. The third-order valence-electron chi connectivity index (χ3n) is 4.01. The molecule has 0 saturated carbocycles. The molecule has 9 heteroatoms. The van der Waals surface area contributed by atoms with E-state index in [0.29, 0.717) is 29.8 Å². The Kier molecular flexibility index (Phi) is 7.55. The van der Waals surface area contributed by atoms with Crippen molar-refractivity contribution < 1.29 is 17.9 Å². The van der Waals surface area contributed by atoms with Crippen LogP contribution in [0.4, 0.5) is 0 Å². The van der Waals surface area contributed by atoms with Gasteiger partial charge in [-0.1, -0.05) is 6.92 Å². The van der Waals surface area contributed by atoms with E-state index >= 15 is 0 Å². The van der Waals surface area contributed by atoms with Crippen LogP contribution in [0.1, 0.15) is 13.3 Å². The Labute approximate surface area is 153 Å². The second kappa shape index (κ2) is 9.42. The molecule has 0 bridgehead atoms. The van der Waals surface area contributed by atoms with Gasteiger partial charge in [0.1, 0.15) is 5.75 Å². The molecule has 4 N–H and O–H groups in total. The summed E-state index contributed by atoms with van der Waals surface area (Å²) in [6.07, 6.45) is 0.967. The average molecular weight is 388 g/mol. The fourth-order valence-electron chi connectivity index (χ4n) is 2.59. The third kappa shape index (κ3) is 6.85. The molecule has 0 aliphatic carbocycles. The maximum atomic E-state index is 12.0. The lowest BCUT2D eigenvalue weighted by Crippen LogP contribution is -2.48. The van der Waals surface area contributed by atoms with Crippen LogP contribution in [0.25, 0.3) is 0 Å². The van der Waals surface area contributed by atoms with Gasteiger partial charge in [-0.25, -0.2) is 13.6 Å².